The third-order valence-electron chi connectivity index (χ3n) is 2.76. The lowest BCUT2D eigenvalue weighted by atomic mass is 10.2. The molecule has 0 N–H and O–H groups in total. The summed E-state index contributed by atoms with van der Waals surface area (Å²) >= 11 is 0. The molecule has 1 aromatic heterocycles. The van der Waals surface area contributed by atoms with E-state index in [1.165, 1.54) is 0 Å². The topological polar surface area (TPSA) is 50.8 Å². The molecule has 1 heterocycles. The Morgan fingerprint density at radius 1 is 1.50 bits per heavy atom. The summed E-state index contributed by atoms with van der Waals surface area (Å²) in [6.07, 6.45) is -0.0528. The van der Waals surface area contributed by atoms with Crippen molar-refractivity contribution in [1.82, 2.24) is 9.55 Å². The van der Waals surface area contributed by atoms with Gasteiger partial charge in [0.1, 0.15) is 11.9 Å². The van der Waals surface area contributed by atoms with E-state index < -0.39 is 0 Å². The molecule has 16 heavy (non-hydrogen) atoms. The van der Waals surface area contributed by atoms with Gasteiger partial charge in [-0.2, -0.15) is 5.26 Å². The second kappa shape index (κ2) is 3.95. The molecule has 2 aromatic rings. The van der Waals surface area contributed by atoms with Gasteiger partial charge in [0.05, 0.1) is 22.7 Å². The normalized spacial score (nSPS) is 12.6. The number of benzene rings is 1. The SMILES string of the molecule is COC(C)c1nc2ccc(C#N)cc2n1C. The van der Waals surface area contributed by atoms with E-state index in [0.717, 1.165) is 16.9 Å². The van der Waals surface area contributed by atoms with E-state index in [4.69, 9.17) is 10.00 Å². The van der Waals surface area contributed by atoms with Crippen LogP contribution in [0.25, 0.3) is 11.0 Å². The summed E-state index contributed by atoms with van der Waals surface area (Å²) in [4.78, 5) is 4.49. The van der Waals surface area contributed by atoms with Gasteiger partial charge in [-0.25, -0.2) is 4.98 Å². The fourth-order valence-electron chi connectivity index (χ4n) is 1.75. The lowest BCUT2D eigenvalue weighted by Crippen LogP contribution is -2.04. The van der Waals surface area contributed by atoms with E-state index in [9.17, 15) is 0 Å². The predicted molar refractivity (Wildman–Crippen MR) is 60.9 cm³/mol. The van der Waals surface area contributed by atoms with Gasteiger partial charge < -0.3 is 9.30 Å². The fourth-order valence-corrected chi connectivity index (χ4v) is 1.75. The number of hydrogen-bond acceptors (Lipinski definition) is 3. The highest BCUT2D eigenvalue weighted by Crippen LogP contribution is 2.21. The van der Waals surface area contributed by atoms with Crippen LogP contribution in [-0.2, 0) is 11.8 Å². The van der Waals surface area contributed by atoms with Crippen molar-refractivity contribution in [3.8, 4) is 6.07 Å². The highest BCUT2D eigenvalue weighted by Gasteiger charge is 2.13. The summed E-state index contributed by atoms with van der Waals surface area (Å²) in [6, 6.07) is 7.60. The van der Waals surface area contributed by atoms with Crippen molar-refractivity contribution in [2.24, 2.45) is 7.05 Å². The van der Waals surface area contributed by atoms with Gasteiger partial charge in [-0.05, 0) is 25.1 Å². The molecule has 4 heteroatoms. The first-order valence-electron chi connectivity index (χ1n) is 5.06. The van der Waals surface area contributed by atoms with Gasteiger partial charge in [0.2, 0.25) is 0 Å². The third-order valence-corrected chi connectivity index (χ3v) is 2.76. The maximum atomic E-state index is 8.85. The molecule has 0 spiro atoms. The quantitative estimate of drug-likeness (QED) is 0.771. The Bertz CT molecular complexity index is 565. The Hall–Kier alpha value is -1.86. The number of aryl methyl sites for hydroxylation is 1. The minimum atomic E-state index is -0.0528. The molecule has 0 aliphatic rings. The van der Waals surface area contributed by atoms with Gasteiger partial charge in [0.15, 0.2) is 0 Å². The largest absolute Gasteiger partial charge is 0.374 e. The van der Waals surface area contributed by atoms with Crippen LogP contribution in [0.3, 0.4) is 0 Å². The standard InChI is InChI=1S/C12H13N3O/c1-8(16-3)12-14-10-5-4-9(7-13)6-11(10)15(12)2/h4-6,8H,1-3H3. The first-order chi connectivity index (χ1) is 7.67. The van der Waals surface area contributed by atoms with Crippen LogP contribution in [0.15, 0.2) is 18.2 Å². The molecule has 1 atom stereocenters. The third kappa shape index (κ3) is 1.55. The maximum Gasteiger partial charge on any atom is 0.138 e. The lowest BCUT2D eigenvalue weighted by molar-refractivity contribution is 0.110. The summed E-state index contributed by atoms with van der Waals surface area (Å²) in [5.74, 6) is 0.868. The van der Waals surface area contributed by atoms with Crippen LogP contribution in [0.1, 0.15) is 24.4 Å². The molecule has 0 aliphatic carbocycles. The van der Waals surface area contributed by atoms with Crippen LogP contribution in [0.4, 0.5) is 0 Å². The molecule has 1 unspecified atom stereocenters. The van der Waals surface area contributed by atoms with Crippen LogP contribution in [0.5, 0.6) is 0 Å². The molecule has 0 radical (unpaired) electrons. The average molecular weight is 215 g/mol. The minimum absolute atomic E-state index is 0.0528. The van der Waals surface area contributed by atoms with Crippen molar-refractivity contribution in [2.45, 2.75) is 13.0 Å². The van der Waals surface area contributed by atoms with Gasteiger partial charge >= 0.3 is 0 Å². The summed E-state index contributed by atoms with van der Waals surface area (Å²) in [7, 11) is 3.59. The van der Waals surface area contributed by atoms with Gasteiger partial charge in [-0.3, -0.25) is 0 Å². The number of methoxy groups -OCH3 is 1. The van der Waals surface area contributed by atoms with Crippen molar-refractivity contribution in [2.75, 3.05) is 7.11 Å². The summed E-state index contributed by atoms with van der Waals surface area (Å²) in [6.45, 7) is 1.95. The van der Waals surface area contributed by atoms with Crippen LogP contribution >= 0.6 is 0 Å². The Morgan fingerprint density at radius 2 is 2.25 bits per heavy atom. The Labute approximate surface area is 94.1 Å². The monoisotopic (exact) mass is 215 g/mol. The molecule has 0 bridgehead atoms. The number of ether oxygens (including phenoxy) is 1. The zero-order chi connectivity index (χ0) is 11.7. The van der Waals surface area contributed by atoms with Crippen LogP contribution in [-0.4, -0.2) is 16.7 Å². The highest BCUT2D eigenvalue weighted by atomic mass is 16.5. The zero-order valence-electron chi connectivity index (χ0n) is 9.56. The second-order valence-corrected chi connectivity index (χ2v) is 3.72. The van der Waals surface area contributed by atoms with E-state index in [1.54, 1.807) is 13.2 Å². The van der Waals surface area contributed by atoms with E-state index in [0.29, 0.717) is 5.56 Å². The fraction of sp³-hybridized carbons (Fsp3) is 0.333. The average Bonchev–Trinajstić information content (AvgIpc) is 2.65. The van der Waals surface area contributed by atoms with Gasteiger partial charge in [0.25, 0.3) is 0 Å². The zero-order valence-corrected chi connectivity index (χ0v) is 9.56. The first kappa shape index (κ1) is 10.7. The Kier molecular flexibility index (Phi) is 2.63. The van der Waals surface area contributed by atoms with Crippen molar-refractivity contribution < 1.29 is 4.74 Å². The summed E-state index contributed by atoms with van der Waals surface area (Å²) < 4.78 is 7.22. The second-order valence-electron chi connectivity index (χ2n) is 3.72. The van der Waals surface area contributed by atoms with Crippen molar-refractivity contribution in [3.63, 3.8) is 0 Å². The number of hydrogen-bond donors (Lipinski definition) is 0. The minimum Gasteiger partial charge on any atom is -0.374 e. The number of rotatable bonds is 2. The summed E-state index contributed by atoms with van der Waals surface area (Å²) in [5.41, 5.74) is 2.49. The number of aromatic nitrogens is 2. The molecule has 0 saturated heterocycles. The summed E-state index contributed by atoms with van der Waals surface area (Å²) in [5, 5.41) is 8.85. The van der Waals surface area contributed by atoms with Gasteiger partial charge in [-0.1, -0.05) is 0 Å². The number of nitrogens with zero attached hydrogens (tertiary/aromatic N) is 3. The van der Waals surface area contributed by atoms with Crippen molar-refractivity contribution >= 4 is 11.0 Å². The Balaban J connectivity index is 2.65. The van der Waals surface area contributed by atoms with Crippen LogP contribution in [0.2, 0.25) is 0 Å². The van der Waals surface area contributed by atoms with E-state index in [1.807, 2.05) is 30.7 Å². The van der Waals surface area contributed by atoms with Crippen molar-refractivity contribution in [3.05, 3.63) is 29.6 Å². The van der Waals surface area contributed by atoms with E-state index in [-0.39, 0.29) is 6.10 Å². The smallest absolute Gasteiger partial charge is 0.138 e. The predicted octanol–water partition coefficient (Wildman–Crippen LogP) is 2.15. The van der Waals surface area contributed by atoms with Crippen LogP contribution in [0, 0.1) is 11.3 Å². The molecule has 82 valence electrons. The van der Waals surface area contributed by atoms with Crippen LogP contribution < -0.4 is 0 Å². The molecule has 1 aromatic carbocycles. The van der Waals surface area contributed by atoms with Crippen molar-refractivity contribution in [1.29, 1.82) is 5.26 Å². The number of imidazole rings is 1. The molecular weight excluding hydrogens is 202 g/mol. The van der Waals surface area contributed by atoms with Gasteiger partial charge in [0, 0.05) is 14.2 Å². The van der Waals surface area contributed by atoms with E-state index in [2.05, 4.69) is 11.1 Å². The molecule has 0 amide bonds. The maximum absolute atomic E-state index is 8.85. The molecule has 4 nitrogen and oxygen atoms in total. The Morgan fingerprint density at radius 3 is 2.88 bits per heavy atom. The number of nitriles is 1. The first-order valence-corrected chi connectivity index (χ1v) is 5.06. The highest BCUT2D eigenvalue weighted by molar-refractivity contribution is 5.77. The molecule has 0 fully saturated rings. The molecule has 0 aliphatic heterocycles. The lowest BCUT2D eigenvalue weighted by Gasteiger charge is -2.08. The van der Waals surface area contributed by atoms with E-state index >= 15 is 0 Å². The molecule has 2 rings (SSSR count). The van der Waals surface area contributed by atoms with Gasteiger partial charge in [-0.15, -0.1) is 0 Å². The molecular formula is C12H13N3O. The number of fused-ring (bicyclic) bond motifs is 1. The molecule has 0 saturated carbocycles.